The Bertz CT molecular complexity index is 655. The molecule has 5 heteroatoms. The third-order valence-corrected chi connectivity index (χ3v) is 3.39. The van der Waals surface area contributed by atoms with Gasteiger partial charge in [-0.1, -0.05) is 11.6 Å². The van der Waals surface area contributed by atoms with Crippen LogP contribution in [0.15, 0.2) is 24.4 Å². The number of amides is 1. The number of nitrogens with two attached hydrogens (primary N) is 1. The highest BCUT2D eigenvalue weighted by Crippen LogP contribution is 2.21. The van der Waals surface area contributed by atoms with Crippen molar-refractivity contribution < 1.29 is 9.53 Å². The van der Waals surface area contributed by atoms with Crippen molar-refractivity contribution in [3.63, 3.8) is 0 Å². The number of alkyl carbamates (subject to hydrolysis) is 1. The Balaban J connectivity index is 2.09. The first kappa shape index (κ1) is 16.4. The molecule has 4 N–H and O–H groups in total. The van der Waals surface area contributed by atoms with Gasteiger partial charge in [0.2, 0.25) is 0 Å². The van der Waals surface area contributed by atoms with Gasteiger partial charge in [-0.3, -0.25) is 0 Å². The average molecular weight is 303 g/mol. The highest BCUT2D eigenvalue weighted by Gasteiger charge is 2.19. The first-order valence-corrected chi connectivity index (χ1v) is 7.54. The number of nitrogens with one attached hydrogen (secondary N) is 2. The lowest BCUT2D eigenvalue weighted by Crippen LogP contribution is -2.44. The zero-order valence-corrected chi connectivity index (χ0v) is 13.7. The number of aromatic nitrogens is 1. The minimum absolute atomic E-state index is 0.158. The van der Waals surface area contributed by atoms with Gasteiger partial charge in [-0.2, -0.15) is 0 Å². The summed E-state index contributed by atoms with van der Waals surface area (Å²) in [6, 6.07) is 6.12. The van der Waals surface area contributed by atoms with Crippen molar-refractivity contribution in [1.82, 2.24) is 10.3 Å². The SMILES string of the molecule is Cc1ccc2[nH]cc(C[C@@H](CN)NC(=O)OC(C)(C)C)c2c1. The van der Waals surface area contributed by atoms with Crippen LogP contribution in [0.5, 0.6) is 0 Å². The first-order valence-electron chi connectivity index (χ1n) is 7.54. The number of hydrogen-bond donors (Lipinski definition) is 3. The molecule has 0 radical (unpaired) electrons. The van der Waals surface area contributed by atoms with Gasteiger partial charge in [0.1, 0.15) is 5.60 Å². The second kappa shape index (κ2) is 6.40. The zero-order chi connectivity index (χ0) is 16.3. The van der Waals surface area contributed by atoms with Crippen LogP contribution >= 0.6 is 0 Å². The van der Waals surface area contributed by atoms with E-state index in [1.165, 1.54) is 10.9 Å². The van der Waals surface area contributed by atoms with E-state index >= 15 is 0 Å². The third-order valence-electron chi connectivity index (χ3n) is 3.39. The molecule has 1 aromatic carbocycles. The summed E-state index contributed by atoms with van der Waals surface area (Å²) in [5.41, 5.74) is 8.72. The van der Waals surface area contributed by atoms with Crippen molar-refractivity contribution in [1.29, 1.82) is 0 Å². The Morgan fingerprint density at radius 1 is 1.41 bits per heavy atom. The molecule has 0 aliphatic rings. The number of hydrogen-bond acceptors (Lipinski definition) is 3. The quantitative estimate of drug-likeness (QED) is 0.812. The summed E-state index contributed by atoms with van der Waals surface area (Å²) in [6.07, 6.45) is 2.21. The normalized spacial score (nSPS) is 13.1. The van der Waals surface area contributed by atoms with Crippen LogP contribution in [-0.2, 0) is 11.2 Å². The van der Waals surface area contributed by atoms with Crippen LogP contribution in [0.2, 0.25) is 0 Å². The molecule has 0 unspecified atom stereocenters. The van der Waals surface area contributed by atoms with Crippen LogP contribution in [0.3, 0.4) is 0 Å². The first-order chi connectivity index (χ1) is 10.3. The summed E-state index contributed by atoms with van der Waals surface area (Å²) in [5.74, 6) is 0. The van der Waals surface area contributed by atoms with E-state index in [-0.39, 0.29) is 6.04 Å². The molecule has 0 saturated heterocycles. The molecule has 120 valence electrons. The fourth-order valence-corrected chi connectivity index (χ4v) is 2.39. The number of rotatable bonds is 4. The van der Waals surface area contributed by atoms with E-state index in [2.05, 4.69) is 35.4 Å². The van der Waals surface area contributed by atoms with Gasteiger partial charge in [0.05, 0.1) is 0 Å². The molecule has 0 fully saturated rings. The number of aryl methyl sites for hydroxylation is 1. The lowest BCUT2D eigenvalue weighted by Gasteiger charge is -2.23. The van der Waals surface area contributed by atoms with Crippen molar-refractivity contribution in [2.45, 2.75) is 45.8 Å². The van der Waals surface area contributed by atoms with E-state index < -0.39 is 11.7 Å². The lowest BCUT2D eigenvalue weighted by molar-refractivity contribution is 0.0506. The topological polar surface area (TPSA) is 80.1 Å². The number of carbonyl (C=O) groups excluding carboxylic acids is 1. The van der Waals surface area contributed by atoms with E-state index in [1.807, 2.05) is 27.0 Å². The predicted molar refractivity (Wildman–Crippen MR) is 89.0 cm³/mol. The molecule has 5 nitrogen and oxygen atoms in total. The molecule has 22 heavy (non-hydrogen) atoms. The summed E-state index contributed by atoms with van der Waals surface area (Å²) in [5, 5.41) is 4.01. The van der Waals surface area contributed by atoms with Crippen molar-refractivity contribution in [3.8, 4) is 0 Å². The van der Waals surface area contributed by atoms with E-state index in [0.29, 0.717) is 13.0 Å². The number of fused-ring (bicyclic) bond motifs is 1. The average Bonchev–Trinajstić information content (AvgIpc) is 2.78. The summed E-state index contributed by atoms with van der Waals surface area (Å²) >= 11 is 0. The van der Waals surface area contributed by atoms with E-state index in [4.69, 9.17) is 10.5 Å². The second-order valence-electron chi connectivity index (χ2n) is 6.65. The van der Waals surface area contributed by atoms with E-state index in [0.717, 1.165) is 11.1 Å². The van der Waals surface area contributed by atoms with Gasteiger partial charge in [0, 0.05) is 29.7 Å². The van der Waals surface area contributed by atoms with Crippen LogP contribution in [0.1, 0.15) is 31.9 Å². The largest absolute Gasteiger partial charge is 0.444 e. The summed E-state index contributed by atoms with van der Waals surface area (Å²) in [6.45, 7) is 7.94. The standard InChI is InChI=1S/C17H25N3O2/c1-11-5-6-15-14(7-11)12(10-19-15)8-13(9-18)20-16(21)22-17(2,3)4/h5-7,10,13,19H,8-9,18H2,1-4H3,(H,20,21)/t13-/m0/s1. The zero-order valence-electron chi connectivity index (χ0n) is 13.7. The Kier molecular flexibility index (Phi) is 4.76. The van der Waals surface area contributed by atoms with Gasteiger partial charge < -0.3 is 20.8 Å². The maximum Gasteiger partial charge on any atom is 0.407 e. The number of carbonyl (C=O) groups is 1. The number of H-pyrrole nitrogens is 1. The lowest BCUT2D eigenvalue weighted by atomic mass is 10.0. The van der Waals surface area contributed by atoms with Gasteiger partial charge in [-0.25, -0.2) is 4.79 Å². The second-order valence-corrected chi connectivity index (χ2v) is 6.65. The molecule has 1 aromatic heterocycles. The molecule has 1 atom stereocenters. The monoisotopic (exact) mass is 303 g/mol. The summed E-state index contributed by atoms with van der Waals surface area (Å²) in [4.78, 5) is 15.1. The van der Waals surface area contributed by atoms with Crippen molar-refractivity contribution >= 4 is 17.0 Å². The maximum atomic E-state index is 11.9. The fourth-order valence-electron chi connectivity index (χ4n) is 2.39. The van der Waals surface area contributed by atoms with Crippen LogP contribution in [-0.4, -0.2) is 29.3 Å². The van der Waals surface area contributed by atoms with Crippen LogP contribution in [0, 0.1) is 6.92 Å². The highest BCUT2D eigenvalue weighted by atomic mass is 16.6. The molecule has 0 spiro atoms. The maximum absolute atomic E-state index is 11.9. The Labute approximate surface area is 131 Å². The molecule has 0 aliphatic carbocycles. The minimum Gasteiger partial charge on any atom is -0.444 e. The fraction of sp³-hybridized carbons (Fsp3) is 0.471. The predicted octanol–water partition coefficient (Wildman–Crippen LogP) is 2.87. The molecular formula is C17H25N3O2. The number of aromatic amines is 1. The molecule has 1 heterocycles. The Morgan fingerprint density at radius 3 is 2.77 bits per heavy atom. The molecule has 2 aromatic rings. The Hall–Kier alpha value is -2.01. The van der Waals surface area contributed by atoms with Gasteiger partial charge in [-0.05, 0) is 51.8 Å². The van der Waals surface area contributed by atoms with E-state index in [9.17, 15) is 4.79 Å². The van der Waals surface area contributed by atoms with Crippen LogP contribution in [0.25, 0.3) is 10.9 Å². The smallest absolute Gasteiger partial charge is 0.407 e. The molecule has 0 saturated carbocycles. The van der Waals surface area contributed by atoms with Gasteiger partial charge in [0.25, 0.3) is 0 Å². The molecular weight excluding hydrogens is 278 g/mol. The van der Waals surface area contributed by atoms with Gasteiger partial charge in [0.15, 0.2) is 0 Å². The number of benzene rings is 1. The molecule has 0 aliphatic heterocycles. The van der Waals surface area contributed by atoms with Gasteiger partial charge >= 0.3 is 6.09 Å². The van der Waals surface area contributed by atoms with Crippen LogP contribution in [0.4, 0.5) is 4.79 Å². The Morgan fingerprint density at radius 2 is 2.14 bits per heavy atom. The molecule has 0 bridgehead atoms. The molecule has 1 amide bonds. The highest BCUT2D eigenvalue weighted by molar-refractivity contribution is 5.84. The van der Waals surface area contributed by atoms with Gasteiger partial charge in [-0.15, -0.1) is 0 Å². The van der Waals surface area contributed by atoms with Crippen LogP contribution < -0.4 is 11.1 Å². The molecule has 2 rings (SSSR count). The van der Waals surface area contributed by atoms with Crippen molar-refractivity contribution in [2.75, 3.05) is 6.54 Å². The third kappa shape index (κ3) is 4.24. The minimum atomic E-state index is -0.513. The van der Waals surface area contributed by atoms with Crippen molar-refractivity contribution in [3.05, 3.63) is 35.5 Å². The van der Waals surface area contributed by atoms with Crippen molar-refractivity contribution in [2.24, 2.45) is 5.73 Å². The van der Waals surface area contributed by atoms with E-state index in [1.54, 1.807) is 0 Å². The summed E-state index contributed by atoms with van der Waals surface area (Å²) < 4.78 is 5.28. The summed E-state index contributed by atoms with van der Waals surface area (Å²) in [7, 11) is 0. The number of ether oxygens (including phenoxy) is 1.